The van der Waals surface area contributed by atoms with E-state index >= 15 is 0 Å². The van der Waals surface area contributed by atoms with Crippen LogP contribution in [-0.4, -0.2) is 0 Å². The number of hydrogen-bond acceptors (Lipinski definition) is 0. The average Bonchev–Trinajstić information content (AvgIpc) is 3.10. The molecule has 0 heteroatoms. The zero-order valence-electron chi connectivity index (χ0n) is 25.3. The van der Waals surface area contributed by atoms with Crippen molar-refractivity contribution in [3.05, 3.63) is 170 Å². The normalized spacial score (nSPS) is 11.7. The first-order valence-corrected chi connectivity index (χ1v) is 15.6. The van der Waals surface area contributed by atoms with Crippen LogP contribution in [-0.2, 0) is 0 Å². The highest BCUT2D eigenvalue weighted by molar-refractivity contribution is 6.34. The van der Waals surface area contributed by atoms with Gasteiger partial charge in [-0.1, -0.05) is 170 Å². The third kappa shape index (κ3) is 4.30. The van der Waals surface area contributed by atoms with Crippen LogP contribution >= 0.6 is 0 Å². The average molecular weight is 573 g/mol. The first-order chi connectivity index (χ1) is 22.3. The second-order valence-electron chi connectivity index (χ2n) is 11.6. The summed E-state index contributed by atoms with van der Waals surface area (Å²) < 4.78 is 0. The molecule has 0 aliphatic heterocycles. The molecule has 0 unspecified atom stereocenters. The first-order valence-electron chi connectivity index (χ1n) is 15.6. The number of fused-ring (bicyclic) bond motifs is 4. The third-order valence-electron chi connectivity index (χ3n) is 9.11. The molecular formula is C45H32. The largest absolute Gasteiger partial charge is 0.0991 e. The van der Waals surface area contributed by atoms with Crippen LogP contribution in [0.2, 0.25) is 0 Å². The van der Waals surface area contributed by atoms with Crippen molar-refractivity contribution in [2.24, 2.45) is 0 Å². The van der Waals surface area contributed by atoms with Gasteiger partial charge in [-0.05, 0) is 93.1 Å². The molecule has 0 radical (unpaired) electrons. The van der Waals surface area contributed by atoms with Crippen molar-refractivity contribution in [3.63, 3.8) is 0 Å². The third-order valence-corrected chi connectivity index (χ3v) is 9.11. The Morgan fingerprint density at radius 3 is 0.667 bits per heavy atom. The second-order valence-corrected chi connectivity index (χ2v) is 11.6. The van der Waals surface area contributed by atoms with Gasteiger partial charge in [-0.3, -0.25) is 0 Å². The maximum Gasteiger partial charge on any atom is -0.00264 e. The fourth-order valence-electron chi connectivity index (χ4n) is 7.30. The van der Waals surface area contributed by atoms with Crippen LogP contribution in [0.5, 0.6) is 0 Å². The topological polar surface area (TPSA) is 0 Å². The number of hydrogen-bond donors (Lipinski definition) is 0. The van der Waals surface area contributed by atoms with E-state index in [2.05, 4.69) is 152 Å². The van der Waals surface area contributed by atoms with Crippen LogP contribution in [0, 0.1) is 0 Å². The molecule has 0 nitrogen and oxygen atoms in total. The van der Waals surface area contributed by atoms with Crippen molar-refractivity contribution in [1.82, 2.24) is 0 Å². The second kappa shape index (κ2) is 11.1. The van der Waals surface area contributed by atoms with Crippen LogP contribution < -0.4 is 0 Å². The van der Waals surface area contributed by atoms with Crippen molar-refractivity contribution >= 4 is 86.2 Å². The Balaban J connectivity index is 0.000000117. The van der Waals surface area contributed by atoms with Crippen molar-refractivity contribution in [2.75, 3.05) is 0 Å². The van der Waals surface area contributed by atoms with Crippen LogP contribution in [0.3, 0.4) is 0 Å². The van der Waals surface area contributed by atoms with E-state index in [1.165, 1.54) is 86.2 Å². The Kier molecular flexibility index (Phi) is 6.62. The quantitative estimate of drug-likeness (QED) is 0.104. The summed E-state index contributed by atoms with van der Waals surface area (Å²) in [6, 6.07) is 52.9. The van der Waals surface area contributed by atoms with E-state index in [1.807, 2.05) is 19.1 Å². The summed E-state index contributed by atoms with van der Waals surface area (Å²) in [4.78, 5) is 0. The summed E-state index contributed by atoms with van der Waals surface area (Å²) >= 11 is 0. The van der Waals surface area contributed by atoms with Gasteiger partial charge in [-0.25, -0.2) is 0 Å². The summed E-state index contributed by atoms with van der Waals surface area (Å²) in [7, 11) is 0. The number of rotatable bonds is 1. The van der Waals surface area contributed by atoms with Crippen LogP contribution in [0.25, 0.3) is 86.2 Å². The molecule has 0 aromatic heterocycles. The van der Waals surface area contributed by atoms with Gasteiger partial charge >= 0.3 is 0 Å². The Bertz CT molecular complexity index is 2150. The van der Waals surface area contributed by atoms with Gasteiger partial charge in [0.1, 0.15) is 0 Å². The van der Waals surface area contributed by atoms with E-state index in [1.54, 1.807) is 6.08 Å². The Hall–Kier alpha value is -5.72. The van der Waals surface area contributed by atoms with E-state index in [-0.39, 0.29) is 0 Å². The van der Waals surface area contributed by atoms with Gasteiger partial charge in [0.2, 0.25) is 0 Å². The highest BCUT2D eigenvalue weighted by Crippen LogP contribution is 2.41. The minimum atomic E-state index is 1.33. The summed E-state index contributed by atoms with van der Waals surface area (Å²) in [5.41, 5.74) is 0. The molecule has 0 heterocycles. The van der Waals surface area contributed by atoms with E-state index < -0.39 is 0 Å². The molecule has 0 aliphatic rings. The lowest BCUT2D eigenvalue weighted by molar-refractivity contribution is 1.74. The van der Waals surface area contributed by atoms with Gasteiger partial charge in [-0.15, -0.1) is 0 Å². The van der Waals surface area contributed by atoms with E-state index in [0.29, 0.717) is 0 Å². The fourth-order valence-corrected chi connectivity index (χ4v) is 7.30. The Labute approximate surface area is 262 Å². The molecule has 0 atom stereocenters. The van der Waals surface area contributed by atoms with Gasteiger partial charge in [-0.2, -0.15) is 0 Å². The van der Waals surface area contributed by atoms with Crippen molar-refractivity contribution in [2.45, 2.75) is 6.92 Å². The SMILES string of the molecule is C=CC=CC.c1cc2cccc3c4cccc5cccc(c(c1)c23)c54.c1cc2cccc3c4cccc5cccc(c(c1)c23)c54. The number of allylic oxidation sites excluding steroid dienone is 3. The van der Waals surface area contributed by atoms with Gasteiger partial charge < -0.3 is 0 Å². The summed E-state index contributed by atoms with van der Waals surface area (Å²) in [5, 5.41) is 21.8. The van der Waals surface area contributed by atoms with Crippen LogP contribution in [0.1, 0.15) is 6.92 Å². The van der Waals surface area contributed by atoms with Crippen molar-refractivity contribution in [3.8, 4) is 0 Å². The number of benzene rings is 10. The summed E-state index contributed by atoms with van der Waals surface area (Å²) in [6.45, 7) is 5.42. The Morgan fingerprint density at radius 1 is 0.333 bits per heavy atom. The van der Waals surface area contributed by atoms with Crippen LogP contribution in [0.15, 0.2) is 170 Å². The molecule has 0 aliphatic carbocycles. The maximum absolute atomic E-state index is 3.46. The fraction of sp³-hybridized carbons (Fsp3) is 0.0222. The zero-order valence-corrected chi connectivity index (χ0v) is 25.3. The van der Waals surface area contributed by atoms with Gasteiger partial charge in [0.05, 0.1) is 0 Å². The molecule has 0 saturated carbocycles. The highest BCUT2D eigenvalue weighted by Gasteiger charge is 2.12. The molecular weight excluding hydrogens is 540 g/mol. The Morgan fingerprint density at radius 2 is 0.533 bits per heavy atom. The zero-order chi connectivity index (χ0) is 30.3. The smallest absolute Gasteiger partial charge is 0.00264 e. The minimum absolute atomic E-state index is 1.33. The standard InChI is InChI=1S/2C20H12.C5H8/c2*1-5-13-6-2-11-17-18-12-4-8-14-7-3-10-16(20(14)18)15(9-1)19(13)17;1-3-5-4-2/h2*1-12H;3-5H,1H2,2H3. The molecule has 10 aromatic carbocycles. The van der Waals surface area contributed by atoms with E-state index in [4.69, 9.17) is 0 Å². The lowest BCUT2D eigenvalue weighted by Crippen LogP contribution is -1.85. The summed E-state index contributed by atoms with van der Waals surface area (Å²) in [6.07, 6.45) is 5.58. The molecule has 0 spiro atoms. The molecule has 0 amide bonds. The lowest BCUT2D eigenvalue weighted by atomic mass is 9.90. The first kappa shape index (κ1) is 26.9. The van der Waals surface area contributed by atoms with Gasteiger partial charge in [0.25, 0.3) is 0 Å². The molecule has 10 rings (SSSR count). The van der Waals surface area contributed by atoms with Gasteiger partial charge in [0.15, 0.2) is 0 Å². The molecule has 0 bridgehead atoms. The monoisotopic (exact) mass is 572 g/mol. The molecule has 0 fully saturated rings. The predicted molar refractivity (Wildman–Crippen MR) is 200 cm³/mol. The van der Waals surface area contributed by atoms with Crippen molar-refractivity contribution < 1.29 is 0 Å². The molecule has 45 heavy (non-hydrogen) atoms. The maximum atomic E-state index is 3.46. The van der Waals surface area contributed by atoms with E-state index in [9.17, 15) is 0 Å². The molecule has 10 aromatic rings. The van der Waals surface area contributed by atoms with Crippen molar-refractivity contribution in [1.29, 1.82) is 0 Å². The lowest BCUT2D eigenvalue weighted by Gasteiger charge is -2.13. The summed E-state index contributed by atoms with van der Waals surface area (Å²) in [5.74, 6) is 0. The van der Waals surface area contributed by atoms with Crippen LogP contribution in [0.4, 0.5) is 0 Å². The minimum Gasteiger partial charge on any atom is -0.0991 e. The predicted octanol–water partition coefficient (Wildman–Crippen LogP) is 13.2. The van der Waals surface area contributed by atoms with Gasteiger partial charge in [0, 0.05) is 0 Å². The molecule has 212 valence electrons. The highest BCUT2D eigenvalue weighted by atomic mass is 14.2. The van der Waals surface area contributed by atoms with E-state index in [0.717, 1.165) is 0 Å². The molecule has 0 saturated heterocycles. The molecule has 0 N–H and O–H groups in total.